The van der Waals surface area contributed by atoms with Crippen molar-refractivity contribution in [3.63, 3.8) is 0 Å². The maximum absolute atomic E-state index is 13.3. The van der Waals surface area contributed by atoms with Crippen LogP contribution in [0.25, 0.3) is 10.7 Å². The summed E-state index contributed by atoms with van der Waals surface area (Å²) in [5.41, 5.74) is 0.979. The molecule has 1 aliphatic rings. The smallest absolute Gasteiger partial charge is 0.240 e. The number of rotatable bonds is 6. The molecule has 0 spiro atoms. The van der Waals surface area contributed by atoms with Crippen LogP contribution in [0.4, 0.5) is 0 Å². The van der Waals surface area contributed by atoms with Crippen molar-refractivity contribution < 1.29 is 9.53 Å². The Hall–Kier alpha value is -2.16. The molecule has 4 rings (SSSR count). The van der Waals surface area contributed by atoms with Crippen molar-refractivity contribution >= 4 is 29.0 Å². The van der Waals surface area contributed by atoms with Gasteiger partial charge in [0.1, 0.15) is 5.25 Å². The fourth-order valence-electron chi connectivity index (χ4n) is 3.19. The third kappa shape index (κ3) is 3.99. The molecule has 146 valence electrons. The van der Waals surface area contributed by atoms with E-state index in [1.807, 2.05) is 52.7 Å². The molecule has 1 atom stereocenters. The van der Waals surface area contributed by atoms with E-state index in [1.165, 1.54) is 11.8 Å². The Bertz CT molecular complexity index is 906. The number of aromatic nitrogens is 3. The molecule has 8 heteroatoms. The van der Waals surface area contributed by atoms with Gasteiger partial charge in [0.25, 0.3) is 0 Å². The molecular formula is C20H22N4O2S2. The lowest BCUT2D eigenvalue weighted by molar-refractivity contribution is -0.134. The molecule has 0 N–H and O–H groups in total. The topological polar surface area (TPSA) is 60.2 Å². The zero-order chi connectivity index (χ0) is 19.3. The van der Waals surface area contributed by atoms with Crippen LogP contribution in [0.1, 0.15) is 17.7 Å². The van der Waals surface area contributed by atoms with E-state index in [-0.39, 0.29) is 11.2 Å². The zero-order valence-corrected chi connectivity index (χ0v) is 17.3. The molecule has 3 heterocycles. The first-order valence-electron chi connectivity index (χ1n) is 9.33. The van der Waals surface area contributed by atoms with Gasteiger partial charge in [-0.3, -0.25) is 4.79 Å². The molecular weight excluding hydrogens is 392 g/mol. The molecule has 1 aromatic carbocycles. The summed E-state index contributed by atoms with van der Waals surface area (Å²) in [4.78, 5) is 16.3. The van der Waals surface area contributed by atoms with Crippen LogP contribution < -0.4 is 0 Å². The SMILES string of the molecule is CCn1c(S[C@H](C(=O)N2CCOCC2)c2ccccc2)nnc1-c1cccs1. The molecule has 0 radical (unpaired) electrons. The Labute approximate surface area is 172 Å². The number of thioether (sulfide) groups is 1. The molecule has 1 aliphatic heterocycles. The van der Waals surface area contributed by atoms with Gasteiger partial charge in [0, 0.05) is 19.6 Å². The van der Waals surface area contributed by atoms with E-state index in [2.05, 4.69) is 21.7 Å². The highest BCUT2D eigenvalue weighted by Gasteiger charge is 2.30. The Morgan fingerprint density at radius 3 is 2.64 bits per heavy atom. The number of morpholine rings is 1. The maximum atomic E-state index is 13.3. The van der Waals surface area contributed by atoms with Crippen LogP contribution in [0.5, 0.6) is 0 Å². The molecule has 1 fully saturated rings. The molecule has 2 aromatic heterocycles. The molecule has 0 unspecified atom stereocenters. The van der Waals surface area contributed by atoms with Crippen molar-refractivity contribution in [1.29, 1.82) is 0 Å². The standard InChI is InChI=1S/C20H22N4O2S2/c1-2-24-18(16-9-6-14-27-16)21-22-20(24)28-17(15-7-4-3-5-8-15)19(25)23-10-12-26-13-11-23/h3-9,14,17H,2,10-13H2,1H3/t17-/m0/s1. The Balaban J connectivity index is 1.65. The number of carbonyl (C=O) groups is 1. The quantitative estimate of drug-likeness (QED) is 0.576. The predicted molar refractivity (Wildman–Crippen MR) is 111 cm³/mol. The van der Waals surface area contributed by atoms with Crippen molar-refractivity contribution in [1.82, 2.24) is 19.7 Å². The van der Waals surface area contributed by atoms with Crippen LogP contribution in [0.3, 0.4) is 0 Å². The molecule has 0 bridgehead atoms. The maximum Gasteiger partial charge on any atom is 0.240 e. The van der Waals surface area contributed by atoms with Gasteiger partial charge >= 0.3 is 0 Å². The molecule has 6 nitrogen and oxygen atoms in total. The third-order valence-electron chi connectivity index (χ3n) is 4.65. The Morgan fingerprint density at radius 1 is 1.18 bits per heavy atom. The summed E-state index contributed by atoms with van der Waals surface area (Å²) < 4.78 is 7.49. The van der Waals surface area contributed by atoms with E-state index >= 15 is 0 Å². The van der Waals surface area contributed by atoms with E-state index in [1.54, 1.807) is 11.3 Å². The second-order valence-corrected chi connectivity index (χ2v) is 8.39. The van der Waals surface area contributed by atoms with Crippen LogP contribution in [0.2, 0.25) is 0 Å². The van der Waals surface area contributed by atoms with Crippen LogP contribution >= 0.6 is 23.1 Å². The second kappa shape index (κ2) is 8.89. The third-order valence-corrected chi connectivity index (χ3v) is 6.74. The minimum Gasteiger partial charge on any atom is -0.378 e. The molecule has 0 saturated carbocycles. The summed E-state index contributed by atoms with van der Waals surface area (Å²) in [6.45, 7) is 5.26. The molecule has 0 aliphatic carbocycles. The first-order valence-corrected chi connectivity index (χ1v) is 11.1. The van der Waals surface area contributed by atoms with Crippen LogP contribution in [0.15, 0.2) is 53.0 Å². The average molecular weight is 415 g/mol. The molecule has 3 aromatic rings. The lowest BCUT2D eigenvalue weighted by atomic mass is 10.1. The number of hydrogen-bond donors (Lipinski definition) is 0. The van der Waals surface area contributed by atoms with E-state index in [4.69, 9.17) is 4.74 Å². The number of benzene rings is 1. The van der Waals surface area contributed by atoms with Crippen molar-refractivity contribution in [2.24, 2.45) is 0 Å². The highest BCUT2D eigenvalue weighted by atomic mass is 32.2. The van der Waals surface area contributed by atoms with E-state index in [0.29, 0.717) is 26.3 Å². The number of carbonyl (C=O) groups excluding carboxylic acids is 1. The molecule has 1 amide bonds. The number of thiophene rings is 1. The summed E-state index contributed by atoms with van der Waals surface area (Å²) >= 11 is 3.12. The fraction of sp³-hybridized carbons (Fsp3) is 0.350. The van der Waals surface area contributed by atoms with E-state index in [0.717, 1.165) is 28.0 Å². The van der Waals surface area contributed by atoms with Crippen LogP contribution in [-0.2, 0) is 16.1 Å². The highest BCUT2D eigenvalue weighted by molar-refractivity contribution is 8.00. The first-order chi connectivity index (χ1) is 13.8. The number of hydrogen-bond acceptors (Lipinski definition) is 6. The van der Waals surface area contributed by atoms with Gasteiger partial charge in [0.2, 0.25) is 5.91 Å². The average Bonchev–Trinajstić information content (AvgIpc) is 3.42. The van der Waals surface area contributed by atoms with Crippen molar-refractivity contribution in [3.05, 3.63) is 53.4 Å². The van der Waals surface area contributed by atoms with Crippen molar-refractivity contribution in [2.75, 3.05) is 26.3 Å². The lowest BCUT2D eigenvalue weighted by Crippen LogP contribution is -2.42. The second-order valence-electron chi connectivity index (χ2n) is 6.37. The van der Waals surface area contributed by atoms with Gasteiger partial charge in [-0.1, -0.05) is 48.2 Å². The molecule has 1 saturated heterocycles. The van der Waals surface area contributed by atoms with Gasteiger partial charge in [0.05, 0.1) is 18.1 Å². The van der Waals surface area contributed by atoms with Crippen molar-refractivity contribution in [2.45, 2.75) is 23.9 Å². The van der Waals surface area contributed by atoms with Gasteiger partial charge in [0.15, 0.2) is 11.0 Å². The van der Waals surface area contributed by atoms with E-state index in [9.17, 15) is 4.79 Å². The monoisotopic (exact) mass is 414 g/mol. The van der Waals surface area contributed by atoms with Crippen LogP contribution in [-0.4, -0.2) is 51.9 Å². The first kappa shape index (κ1) is 19.2. The van der Waals surface area contributed by atoms with Crippen molar-refractivity contribution in [3.8, 4) is 10.7 Å². The van der Waals surface area contributed by atoms with Gasteiger partial charge in [-0.2, -0.15) is 0 Å². The predicted octanol–water partition coefficient (Wildman–Crippen LogP) is 3.72. The largest absolute Gasteiger partial charge is 0.378 e. The number of amides is 1. The van der Waals surface area contributed by atoms with E-state index < -0.39 is 0 Å². The van der Waals surface area contributed by atoms with Crippen LogP contribution in [0, 0.1) is 0 Å². The minimum atomic E-state index is -0.356. The summed E-state index contributed by atoms with van der Waals surface area (Å²) in [6.07, 6.45) is 0. The summed E-state index contributed by atoms with van der Waals surface area (Å²) in [6, 6.07) is 14.0. The highest BCUT2D eigenvalue weighted by Crippen LogP contribution is 2.37. The summed E-state index contributed by atoms with van der Waals surface area (Å²) in [7, 11) is 0. The molecule has 28 heavy (non-hydrogen) atoms. The normalized spacial score (nSPS) is 15.5. The van der Waals surface area contributed by atoms with Gasteiger partial charge in [-0.25, -0.2) is 0 Å². The summed E-state index contributed by atoms with van der Waals surface area (Å²) in [5.74, 6) is 0.952. The number of ether oxygens (including phenoxy) is 1. The Kier molecular flexibility index (Phi) is 6.09. The van der Waals surface area contributed by atoms with Gasteiger partial charge < -0.3 is 14.2 Å². The lowest BCUT2D eigenvalue weighted by Gasteiger charge is -2.30. The zero-order valence-electron chi connectivity index (χ0n) is 15.7. The van der Waals surface area contributed by atoms with Gasteiger partial charge in [-0.05, 0) is 23.9 Å². The minimum absolute atomic E-state index is 0.0998. The Morgan fingerprint density at radius 2 is 1.96 bits per heavy atom. The fourth-order valence-corrected chi connectivity index (χ4v) is 5.09. The number of nitrogens with zero attached hydrogens (tertiary/aromatic N) is 4. The summed E-state index contributed by atoms with van der Waals surface area (Å²) in [5, 5.41) is 11.3. The van der Waals surface area contributed by atoms with Gasteiger partial charge in [-0.15, -0.1) is 21.5 Å².